The van der Waals surface area contributed by atoms with Crippen molar-refractivity contribution in [1.82, 2.24) is 9.90 Å². The van der Waals surface area contributed by atoms with Gasteiger partial charge in [-0.1, -0.05) is 53.6 Å². The molecule has 0 aliphatic heterocycles. The van der Waals surface area contributed by atoms with Gasteiger partial charge >= 0.3 is 5.91 Å². The summed E-state index contributed by atoms with van der Waals surface area (Å²) in [5.41, 5.74) is 1.49. The first-order valence-electron chi connectivity index (χ1n) is 7.05. The lowest BCUT2D eigenvalue weighted by Crippen LogP contribution is -2.47. The maximum atomic E-state index is 12.5. The van der Waals surface area contributed by atoms with Crippen LogP contribution in [-0.4, -0.2) is 21.7 Å². The molecule has 6 heteroatoms. The number of carbonyl (C=O) groups excluding carboxylic acids is 1. The van der Waals surface area contributed by atoms with Crippen molar-refractivity contribution in [1.29, 1.82) is 0 Å². The second kappa shape index (κ2) is 6.23. The van der Waals surface area contributed by atoms with Crippen LogP contribution in [0.4, 0.5) is 0 Å². The minimum atomic E-state index is -0.443. The zero-order valence-electron chi connectivity index (χ0n) is 12.5. The molecule has 0 spiro atoms. The summed E-state index contributed by atoms with van der Waals surface area (Å²) in [7, 11) is 0. The molecule has 0 fully saturated rings. The van der Waals surface area contributed by atoms with Crippen LogP contribution >= 0.6 is 0 Å². The second-order valence-corrected chi connectivity index (χ2v) is 4.91. The third kappa shape index (κ3) is 3.01. The van der Waals surface area contributed by atoms with Crippen LogP contribution in [0, 0.1) is 6.92 Å². The molecule has 6 nitrogen and oxygen atoms in total. The molecule has 114 valence electrons. The summed E-state index contributed by atoms with van der Waals surface area (Å²) in [5, 5.41) is 20.3. The first kappa shape index (κ1) is 14.6. The van der Waals surface area contributed by atoms with Crippen LogP contribution in [0.1, 0.15) is 21.6 Å². The molecule has 0 saturated carbocycles. The first-order chi connectivity index (χ1) is 11.2. The van der Waals surface area contributed by atoms with Gasteiger partial charge in [-0.15, -0.1) is 0 Å². The second-order valence-electron chi connectivity index (χ2n) is 4.91. The lowest BCUT2D eigenvalue weighted by molar-refractivity contribution is -0.759. The van der Waals surface area contributed by atoms with Gasteiger partial charge in [0.05, 0.1) is 9.90 Å². The van der Waals surface area contributed by atoms with E-state index in [0.29, 0.717) is 16.8 Å². The van der Waals surface area contributed by atoms with Crippen molar-refractivity contribution in [2.75, 3.05) is 0 Å². The highest BCUT2D eigenvalue weighted by Gasteiger charge is 2.22. The number of hydrogen-bond acceptors (Lipinski definition) is 4. The molecule has 1 aromatic heterocycles. The Morgan fingerprint density at radius 2 is 1.61 bits per heavy atom. The average molecular weight is 306 g/mol. The summed E-state index contributed by atoms with van der Waals surface area (Å²) >= 11 is 0. The fourth-order valence-corrected chi connectivity index (χ4v) is 2.07. The Balaban J connectivity index is 2.01. The van der Waals surface area contributed by atoms with E-state index in [0.717, 1.165) is 4.80 Å². The van der Waals surface area contributed by atoms with E-state index in [4.69, 9.17) is 0 Å². The van der Waals surface area contributed by atoms with E-state index in [9.17, 15) is 9.90 Å². The minimum absolute atomic E-state index is 0.358. The fourth-order valence-electron chi connectivity index (χ4n) is 2.07. The first-order valence-corrected chi connectivity index (χ1v) is 7.05. The molecule has 0 radical (unpaired) electrons. The normalized spacial score (nSPS) is 11.4. The van der Waals surface area contributed by atoms with Crippen LogP contribution in [0.5, 0.6) is 0 Å². The molecule has 1 heterocycles. The quantitative estimate of drug-likeness (QED) is 0.407. The van der Waals surface area contributed by atoms with Crippen LogP contribution < -0.4 is 9.90 Å². The van der Waals surface area contributed by atoms with Gasteiger partial charge < -0.3 is 5.11 Å². The smallest absolute Gasteiger partial charge is 0.339 e. The van der Waals surface area contributed by atoms with Gasteiger partial charge in [-0.2, -0.15) is 0 Å². The summed E-state index contributed by atoms with van der Waals surface area (Å²) in [4.78, 5) is 14.8. The van der Waals surface area contributed by atoms with E-state index in [2.05, 4.69) is 10.2 Å². The summed E-state index contributed by atoms with van der Waals surface area (Å²) in [5.74, 6) is -0.801. The lowest BCUT2D eigenvalue weighted by atomic mass is 10.2. The molecular formula is C17H14N4O2. The van der Waals surface area contributed by atoms with Crippen LogP contribution in [0.3, 0.4) is 0 Å². The molecule has 0 unspecified atom stereocenters. The number of aryl methyl sites for hydroxylation is 1. The molecule has 0 atom stereocenters. The minimum Gasteiger partial charge on any atom is -0.856 e. The van der Waals surface area contributed by atoms with Gasteiger partial charge in [0.25, 0.3) is 0 Å². The van der Waals surface area contributed by atoms with Gasteiger partial charge in [-0.25, -0.2) is 0 Å². The number of nitrogens with zero attached hydrogens (tertiary/aromatic N) is 4. The standard InChI is InChI=1S/C17H14N4O2/c1-13-12-18-21(17(23)15-10-6-3-7-11-15)20(13)19-16(22)14-8-4-2-5-9-14/h2-12H,1H3. The van der Waals surface area contributed by atoms with Gasteiger partial charge in [0.2, 0.25) is 6.20 Å². The van der Waals surface area contributed by atoms with Gasteiger partial charge in [0.15, 0.2) is 5.69 Å². The van der Waals surface area contributed by atoms with Gasteiger partial charge in [-0.05, 0) is 22.5 Å². The van der Waals surface area contributed by atoms with Gasteiger partial charge in [-0.3, -0.25) is 4.79 Å². The van der Waals surface area contributed by atoms with Crippen LogP contribution in [-0.2, 0) is 0 Å². The van der Waals surface area contributed by atoms with E-state index in [1.165, 1.54) is 11.0 Å². The summed E-state index contributed by atoms with van der Waals surface area (Å²) in [6, 6.07) is 17.4. The zero-order valence-corrected chi connectivity index (χ0v) is 12.5. The lowest BCUT2D eigenvalue weighted by Gasteiger charge is -2.08. The molecule has 0 aliphatic carbocycles. The number of benzene rings is 2. The Hall–Kier alpha value is -3.28. The molecular weight excluding hydrogens is 292 g/mol. The largest absolute Gasteiger partial charge is 0.856 e. The van der Waals surface area contributed by atoms with Crippen molar-refractivity contribution in [3.05, 3.63) is 83.7 Å². The van der Waals surface area contributed by atoms with Crippen molar-refractivity contribution in [2.45, 2.75) is 6.92 Å². The van der Waals surface area contributed by atoms with Crippen molar-refractivity contribution < 1.29 is 14.7 Å². The molecule has 23 heavy (non-hydrogen) atoms. The fraction of sp³-hybridized carbons (Fsp3) is 0.0588. The van der Waals surface area contributed by atoms with E-state index < -0.39 is 5.90 Å². The van der Waals surface area contributed by atoms with Crippen LogP contribution in [0.15, 0.2) is 72.0 Å². The molecule has 0 saturated heterocycles. The topological polar surface area (TPSA) is 74.2 Å². The number of hydrogen-bond donors (Lipinski definition) is 0. The van der Waals surface area contributed by atoms with E-state index >= 15 is 0 Å². The Morgan fingerprint density at radius 3 is 2.22 bits per heavy atom. The Morgan fingerprint density at radius 1 is 1.04 bits per heavy atom. The van der Waals surface area contributed by atoms with E-state index in [1.54, 1.807) is 55.5 Å². The third-order valence-corrected chi connectivity index (χ3v) is 3.26. The molecule has 0 N–H and O–H groups in total. The van der Waals surface area contributed by atoms with Crippen molar-refractivity contribution in [3.8, 4) is 0 Å². The van der Waals surface area contributed by atoms with Crippen LogP contribution in [0.25, 0.3) is 0 Å². The SMILES string of the molecule is Cc1cnn(C(=O)c2ccccc2)[n+]1N=C([O-])c1ccccc1. The predicted octanol–water partition coefficient (Wildman–Crippen LogP) is 0.738. The molecule has 2 aromatic carbocycles. The molecule has 0 aliphatic rings. The maximum absolute atomic E-state index is 12.5. The summed E-state index contributed by atoms with van der Waals surface area (Å²) in [6.45, 7) is 1.73. The number of carbonyl (C=O) groups is 1. The molecule has 3 aromatic rings. The highest BCUT2D eigenvalue weighted by atomic mass is 16.3. The van der Waals surface area contributed by atoms with E-state index in [-0.39, 0.29) is 5.91 Å². The van der Waals surface area contributed by atoms with Crippen molar-refractivity contribution >= 4 is 11.8 Å². The van der Waals surface area contributed by atoms with Gasteiger partial charge in [0.1, 0.15) is 0 Å². The average Bonchev–Trinajstić information content (AvgIpc) is 2.96. The Kier molecular flexibility index (Phi) is 3.97. The van der Waals surface area contributed by atoms with E-state index in [1.807, 2.05) is 12.1 Å². The predicted molar refractivity (Wildman–Crippen MR) is 81.7 cm³/mol. The Labute approximate surface area is 132 Å². The summed E-state index contributed by atoms with van der Waals surface area (Å²) < 4.78 is 0. The Bertz CT molecular complexity index is 855. The van der Waals surface area contributed by atoms with Crippen molar-refractivity contribution in [3.63, 3.8) is 0 Å². The monoisotopic (exact) mass is 306 g/mol. The number of aromatic nitrogens is 3. The van der Waals surface area contributed by atoms with Gasteiger partial charge in [0, 0.05) is 18.4 Å². The number of rotatable bonds is 3. The third-order valence-electron chi connectivity index (χ3n) is 3.26. The zero-order chi connectivity index (χ0) is 16.2. The molecule has 0 amide bonds. The molecule has 3 rings (SSSR count). The van der Waals surface area contributed by atoms with Crippen LogP contribution in [0.2, 0.25) is 0 Å². The maximum Gasteiger partial charge on any atom is 0.339 e. The van der Waals surface area contributed by atoms with Crippen molar-refractivity contribution in [2.24, 2.45) is 5.10 Å². The molecule has 0 bridgehead atoms. The highest BCUT2D eigenvalue weighted by molar-refractivity contribution is 5.94. The summed E-state index contributed by atoms with van der Waals surface area (Å²) in [6.07, 6.45) is 1.49. The highest BCUT2D eigenvalue weighted by Crippen LogP contribution is 2.01.